The van der Waals surface area contributed by atoms with Crippen molar-refractivity contribution >= 4 is 18.0 Å². The molecule has 0 bridgehead atoms. The molecule has 232 valence electrons. The van der Waals surface area contributed by atoms with E-state index in [4.69, 9.17) is 37.9 Å². The zero-order chi connectivity index (χ0) is 31.0. The summed E-state index contributed by atoms with van der Waals surface area (Å²) in [5, 5.41) is 0. The van der Waals surface area contributed by atoms with Crippen molar-refractivity contribution in [3.05, 3.63) is 76.9 Å². The minimum absolute atomic E-state index is 0.0960. The zero-order valence-corrected chi connectivity index (χ0v) is 25.5. The Balaban J connectivity index is 1.71. The highest BCUT2D eigenvalue weighted by Crippen LogP contribution is 2.35. The summed E-state index contributed by atoms with van der Waals surface area (Å²) in [7, 11) is 4.39. The first-order chi connectivity index (χ1) is 20.7. The second kappa shape index (κ2) is 14.7. The minimum atomic E-state index is -0.852. The molecule has 1 fully saturated rings. The fourth-order valence-electron chi connectivity index (χ4n) is 5.03. The lowest BCUT2D eigenvalue weighted by Gasteiger charge is -2.25. The molecule has 0 saturated carbocycles. The van der Waals surface area contributed by atoms with Gasteiger partial charge < -0.3 is 37.9 Å². The van der Waals surface area contributed by atoms with Gasteiger partial charge in [0.15, 0.2) is 12.6 Å². The van der Waals surface area contributed by atoms with Crippen LogP contribution in [0.2, 0.25) is 0 Å². The Kier molecular flexibility index (Phi) is 11.0. The van der Waals surface area contributed by atoms with Crippen molar-refractivity contribution < 1.29 is 47.5 Å². The number of hydrogen-bond acceptors (Lipinski definition) is 10. The van der Waals surface area contributed by atoms with E-state index in [1.54, 1.807) is 26.2 Å². The van der Waals surface area contributed by atoms with E-state index in [9.17, 15) is 9.59 Å². The SMILES string of the molecule is COCOc1ccc(C(=O)OC)c2c1C(=O)O[C@@H](C)C/C=C\C(OCc1ccc(OC)cc1)[C@H]1OC(C)(C)O[C@H]1CC=C2. The number of carbonyl (C=O) groups is 2. The van der Waals surface area contributed by atoms with Crippen molar-refractivity contribution in [2.24, 2.45) is 0 Å². The van der Waals surface area contributed by atoms with Crippen LogP contribution in [-0.4, -0.2) is 70.3 Å². The molecule has 2 aromatic carbocycles. The molecule has 10 nitrogen and oxygen atoms in total. The molecule has 0 spiro atoms. The molecule has 2 aliphatic rings. The van der Waals surface area contributed by atoms with Crippen molar-refractivity contribution in [1.82, 2.24) is 0 Å². The van der Waals surface area contributed by atoms with Crippen LogP contribution in [-0.2, 0) is 35.0 Å². The molecule has 2 aliphatic heterocycles. The van der Waals surface area contributed by atoms with Gasteiger partial charge in [0.25, 0.3) is 0 Å². The molecule has 0 amide bonds. The minimum Gasteiger partial charge on any atom is -0.497 e. The lowest BCUT2D eigenvalue weighted by atomic mass is 9.97. The Morgan fingerprint density at radius 2 is 1.77 bits per heavy atom. The van der Waals surface area contributed by atoms with Gasteiger partial charge in [0.1, 0.15) is 35.4 Å². The van der Waals surface area contributed by atoms with Crippen LogP contribution in [0.15, 0.2) is 54.6 Å². The van der Waals surface area contributed by atoms with E-state index in [1.807, 2.05) is 56.3 Å². The molecular weight excluding hydrogens is 556 g/mol. The maximum Gasteiger partial charge on any atom is 0.342 e. The van der Waals surface area contributed by atoms with E-state index in [2.05, 4.69) is 0 Å². The summed E-state index contributed by atoms with van der Waals surface area (Å²) in [5.74, 6) is -1.10. The molecule has 0 radical (unpaired) electrons. The molecule has 0 N–H and O–H groups in total. The fraction of sp³-hybridized carbons (Fsp3) is 0.455. The third-order valence-electron chi connectivity index (χ3n) is 7.05. The molecule has 2 aromatic rings. The molecule has 0 aliphatic carbocycles. The number of carbonyl (C=O) groups excluding carboxylic acids is 2. The van der Waals surface area contributed by atoms with Crippen LogP contribution in [0.4, 0.5) is 0 Å². The Hall–Kier alpha value is -3.70. The van der Waals surface area contributed by atoms with E-state index >= 15 is 0 Å². The second-order valence-corrected chi connectivity index (χ2v) is 10.7. The maximum atomic E-state index is 13.5. The average Bonchev–Trinajstić information content (AvgIpc) is 3.30. The van der Waals surface area contributed by atoms with Crippen molar-refractivity contribution in [2.45, 2.75) is 70.4 Å². The van der Waals surface area contributed by atoms with Crippen LogP contribution in [0.5, 0.6) is 11.5 Å². The Morgan fingerprint density at radius 1 is 1.00 bits per heavy atom. The van der Waals surface area contributed by atoms with Crippen LogP contribution >= 0.6 is 0 Å². The van der Waals surface area contributed by atoms with Crippen molar-refractivity contribution in [2.75, 3.05) is 28.1 Å². The van der Waals surface area contributed by atoms with Gasteiger partial charge >= 0.3 is 11.9 Å². The number of rotatable bonds is 8. The molecule has 1 unspecified atom stereocenters. The smallest absolute Gasteiger partial charge is 0.342 e. The summed E-state index contributed by atoms with van der Waals surface area (Å²) < 4.78 is 45.9. The number of benzene rings is 2. The summed E-state index contributed by atoms with van der Waals surface area (Å²) in [6.45, 7) is 5.76. The highest BCUT2D eigenvalue weighted by molar-refractivity contribution is 6.03. The Morgan fingerprint density at radius 3 is 2.47 bits per heavy atom. The summed E-state index contributed by atoms with van der Waals surface area (Å²) in [6, 6.07) is 10.7. The Labute approximate surface area is 252 Å². The lowest BCUT2D eigenvalue weighted by Crippen LogP contribution is -2.36. The molecule has 10 heteroatoms. The summed E-state index contributed by atoms with van der Waals surface area (Å²) in [6.07, 6.45) is 6.39. The van der Waals surface area contributed by atoms with E-state index in [1.165, 1.54) is 20.3 Å². The van der Waals surface area contributed by atoms with Crippen LogP contribution in [0, 0.1) is 0 Å². The van der Waals surface area contributed by atoms with Gasteiger partial charge in [0, 0.05) is 19.1 Å². The first kappa shape index (κ1) is 32.2. The van der Waals surface area contributed by atoms with Gasteiger partial charge in [-0.2, -0.15) is 0 Å². The summed E-state index contributed by atoms with van der Waals surface area (Å²) in [4.78, 5) is 26.3. The molecule has 0 aromatic heterocycles. The van der Waals surface area contributed by atoms with Crippen molar-refractivity contribution in [1.29, 1.82) is 0 Å². The van der Waals surface area contributed by atoms with Crippen LogP contribution in [0.25, 0.3) is 6.08 Å². The maximum absolute atomic E-state index is 13.5. The van der Waals surface area contributed by atoms with Crippen LogP contribution in [0.1, 0.15) is 65.5 Å². The molecule has 1 saturated heterocycles. The highest BCUT2D eigenvalue weighted by atomic mass is 16.8. The number of esters is 2. The van der Waals surface area contributed by atoms with Gasteiger partial charge in [0.2, 0.25) is 0 Å². The molecule has 2 heterocycles. The lowest BCUT2D eigenvalue weighted by molar-refractivity contribution is -0.156. The number of fused-ring (bicyclic) bond motifs is 2. The van der Waals surface area contributed by atoms with Crippen LogP contribution < -0.4 is 9.47 Å². The fourth-order valence-corrected chi connectivity index (χ4v) is 5.03. The second-order valence-electron chi connectivity index (χ2n) is 10.7. The first-order valence-electron chi connectivity index (χ1n) is 14.2. The van der Waals surface area contributed by atoms with Gasteiger partial charge in [-0.25, -0.2) is 9.59 Å². The topological polar surface area (TPSA) is 108 Å². The predicted molar refractivity (Wildman–Crippen MR) is 158 cm³/mol. The largest absolute Gasteiger partial charge is 0.497 e. The van der Waals surface area contributed by atoms with E-state index in [0.717, 1.165) is 11.3 Å². The number of methoxy groups -OCH3 is 3. The van der Waals surface area contributed by atoms with Crippen LogP contribution in [0.3, 0.4) is 0 Å². The summed E-state index contributed by atoms with van der Waals surface area (Å²) in [5.41, 5.74) is 1.58. The van der Waals surface area contributed by atoms with Gasteiger partial charge in [-0.05, 0) is 57.0 Å². The van der Waals surface area contributed by atoms with Gasteiger partial charge in [-0.15, -0.1) is 0 Å². The average molecular weight is 597 g/mol. The number of cyclic esters (lactones) is 1. The highest BCUT2D eigenvalue weighted by Gasteiger charge is 2.44. The van der Waals surface area contributed by atoms with Gasteiger partial charge in [-0.1, -0.05) is 36.4 Å². The zero-order valence-electron chi connectivity index (χ0n) is 25.5. The molecular formula is C33H40O10. The van der Waals surface area contributed by atoms with Crippen molar-refractivity contribution in [3.8, 4) is 11.5 Å². The summed E-state index contributed by atoms with van der Waals surface area (Å²) >= 11 is 0. The monoisotopic (exact) mass is 596 g/mol. The van der Waals surface area contributed by atoms with Gasteiger partial charge in [-0.3, -0.25) is 0 Å². The number of ether oxygens (including phenoxy) is 8. The number of hydrogen-bond donors (Lipinski definition) is 0. The normalized spacial score (nSPS) is 24.2. The van der Waals surface area contributed by atoms with E-state index in [0.29, 0.717) is 25.0 Å². The van der Waals surface area contributed by atoms with E-state index < -0.39 is 36.0 Å². The molecule has 4 atom stereocenters. The molecule has 4 rings (SSSR count). The quantitative estimate of drug-likeness (QED) is 0.221. The third kappa shape index (κ3) is 8.23. The first-order valence-corrected chi connectivity index (χ1v) is 14.2. The predicted octanol–water partition coefficient (Wildman–Crippen LogP) is 5.48. The van der Waals surface area contributed by atoms with Gasteiger partial charge in [0.05, 0.1) is 32.5 Å². The molecule has 43 heavy (non-hydrogen) atoms. The Bertz CT molecular complexity index is 1310. The van der Waals surface area contributed by atoms with Crippen molar-refractivity contribution in [3.63, 3.8) is 0 Å². The third-order valence-corrected chi connectivity index (χ3v) is 7.05. The standard InChI is InChI=1S/C33H40O10/c1-21-9-7-11-27(39-19-22-13-15-23(37-5)16-14-22)30-28(42-33(2,3)43-30)12-8-10-24-25(31(34)38-6)17-18-26(40-20-36-4)29(24)32(35)41-21/h7-8,10-11,13-18,21,27-28,30H,9,12,19-20H2,1-6H3/b10-8?,11-7-/t21-,27?,28-,30+/m0/s1. The van der Waals surface area contributed by atoms with E-state index in [-0.39, 0.29) is 29.8 Å².